The van der Waals surface area contributed by atoms with E-state index in [4.69, 9.17) is 16.9 Å². The Morgan fingerprint density at radius 1 is 1.22 bits per heavy atom. The van der Waals surface area contributed by atoms with Gasteiger partial charge in [0.25, 0.3) is 0 Å². The maximum atomic E-state index is 13.0. The molecule has 18 heavy (non-hydrogen) atoms. The van der Waals surface area contributed by atoms with E-state index in [9.17, 15) is 8.78 Å². The number of nitriles is 1. The number of pyridine rings is 1. The van der Waals surface area contributed by atoms with Crippen LogP contribution in [-0.2, 0) is 0 Å². The monoisotopic (exact) mass is 265 g/mol. The van der Waals surface area contributed by atoms with Crippen molar-refractivity contribution in [2.75, 3.05) is 5.32 Å². The van der Waals surface area contributed by atoms with Gasteiger partial charge in [0.15, 0.2) is 5.82 Å². The van der Waals surface area contributed by atoms with Crippen LogP contribution in [0.5, 0.6) is 0 Å². The van der Waals surface area contributed by atoms with Gasteiger partial charge in [-0.15, -0.1) is 0 Å². The summed E-state index contributed by atoms with van der Waals surface area (Å²) in [7, 11) is 0. The Morgan fingerprint density at radius 2 is 1.89 bits per heavy atom. The molecule has 0 aliphatic rings. The van der Waals surface area contributed by atoms with E-state index in [1.807, 2.05) is 6.07 Å². The normalized spacial score (nSPS) is 9.89. The Balaban J connectivity index is 2.37. The fourth-order valence-corrected chi connectivity index (χ4v) is 1.58. The molecule has 1 aromatic heterocycles. The topological polar surface area (TPSA) is 48.7 Å². The predicted molar refractivity (Wildman–Crippen MR) is 63.6 cm³/mol. The molecule has 90 valence electrons. The average molecular weight is 266 g/mol. The van der Waals surface area contributed by atoms with Gasteiger partial charge in [0.2, 0.25) is 0 Å². The van der Waals surface area contributed by atoms with Gasteiger partial charge in [0.1, 0.15) is 22.7 Å². The third kappa shape index (κ3) is 2.55. The zero-order valence-electron chi connectivity index (χ0n) is 8.92. The standard InChI is InChI=1S/C12H6ClF2N3/c13-11-7(6-16)1-2-17-12(11)18-10-4-8(14)3-9(15)5-10/h1-5H,(H,17,18). The van der Waals surface area contributed by atoms with Crippen LogP contribution in [-0.4, -0.2) is 4.98 Å². The Kier molecular flexibility index (Phi) is 3.40. The summed E-state index contributed by atoms with van der Waals surface area (Å²) in [5.74, 6) is -1.27. The maximum Gasteiger partial charge on any atom is 0.150 e. The molecule has 1 aromatic carbocycles. The summed E-state index contributed by atoms with van der Waals surface area (Å²) in [4.78, 5) is 3.90. The van der Waals surface area contributed by atoms with E-state index >= 15 is 0 Å². The zero-order valence-corrected chi connectivity index (χ0v) is 9.67. The minimum absolute atomic E-state index is 0.102. The van der Waals surface area contributed by atoms with Crippen LogP contribution >= 0.6 is 11.6 Å². The largest absolute Gasteiger partial charge is 0.339 e. The van der Waals surface area contributed by atoms with Crippen molar-refractivity contribution in [1.82, 2.24) is 4.98 Å². The molecule has 0 saturated carbocycles. The number of nitrogens with zero attached hydrogens (tertiary/aromatic N) is 2. The van der Waals surface area contributed by atoms with Gasteiger partial charge < -0.3 is 5.32 Å². The number of halogens is 3. The molecule has 0 aliphatic heterocycles. The maximum absolute atomic E-state index is 13.0. The molecule has 3 nitrogen and oxygen atoms in total. The first kappa shape index (κ1) is 12.3. The smallest absolute Gasteiger partial charge is 0.150 e. The lowest BCUT2D eigenvalue weighted by molar-refractivity contribution is 0.584. The third-order valence-electron chi connectivity index (χ3n) is 2.13. The van der Waals surface area contributed by atoms with Crippen molar-refractivity contribution < 1.29 is 8.78 Å². The predicted octanol–water partition coefficient (Wildman–Crippen LogP) is 3.63. The van der Waals surface area contributed by atoms with E-state index in [0.717, 1.165) is 18.2 Å². The van der Waals surface area contributed by atoms with Crippen molar-refractivity contribution in [3.8, 4) is 6.07 Å². The number of hydrogen-bond acceptors (Lipinski definition) is 3. The molecule has 0 fully saturated rings. The summed E-state index contributed by atoms with van der Waals surface area (Å²) in [6, 6.07) is 6.28. The van der Waals surface area contributed by atoms with Crippen molar-refractivity contribution in [3.63, 3.8) is 0 Å². The van der Waals surface area contributed by atoms with Crippen LogP contribution in [0.4, 0.5) is 20.3 Å². The molecule has 0 unspecified atom stereocenters. The Labute approximate surface area is 107 Å². The highest BCUT2D eigenvalue weighted by Crippen LogP contribution is 2.26. The van der Waals surface area contributed by atoms with Crippen molar-refractivity contribution in [2.24, 2.45) is 0 Å². The van der Waals surface area contributed by atoms with Crippen LogP contribution in [0.25, 0.3) is 0 Å². The van der Waals surface area contributed by atoms with Crippen molar-refractivity contribution >= 4 is 23.1 Å². The highest BCUT2D eigenvalue weighted by Gasteiger charge is 2.08. The zero-order chi connectivity index (χ0) is 13.1. The first-order chi connectivity index (χ1) is 8.60. The molecule has 0 aliphatic carbocycles. The Hall–Kier alpha value is -2.19. The van der Waals surface area contributed by atoms with E-state index < -0.39 is 11.6 Å². The van der Waals surface area contributed by atoms with E-state index in [2.05, 4.69) is 10.3 Å². The van der Waals surface area contributed by atoms with Gasteiger partial charge in [0, 0.05) is 18.0 Å². The third-order valence-corrected chi connectivity index (χ3v) is 2.52. The molecule has 0 saturated heterocycles. The first-order valence-electron chi connectivity index (χ1n) is 4.88. The summed E-state index contributed by atoms with van der Waals surface area (Å²) in [6.45, 7) is 0. The molecular formula is C12H6ClF2N3. The molecule has 0 radical (unpaired) electrons. The molecule has 0 atom stereocenters. The van der Waals surface area contributed by atoms with Crippen LogP contribution < -0.4 is 5.32 Å². The summed E-state index contributed by atoms with van der Waals surface area (Å²) < 4.78 is 26.0. The lowest BCUT2D eigenvalue weighted by atomic mass is 10.2. The number of hydrogen-bond donors (Lipinski definition) is 1. The van der Waals surface area contributed by atoms with Gasteiger partial charge in [-0.3, -0.25) is 0 Å². The number of benzene rings is 1. The fraction of sp³-hybridized carbons (Fsp3) is 0. The quantitative estimate of drug-likeness (QED) is 0.902. The number of nitrogens with one attached hydrogen (secondary N) is 1. The van der Waals surface area contributed by atoms with Crippen LogP contribution in [0, 0.1) is 23.0 Å². The van der Waals surface area contributed by atoms with Crippen molar-refractivity contribution in [2.45, 2.75) is 0 Å². The van der Waals surface area contributed by atoms with Gasteiger partial charge in [-0.1, -0.05) is 11.6 Å². The molecule has 2 aromatic rings. The second-order valence-electron chi connectivity index (χ2n) is 3.42. The minimum Gasteiger partial charge on any atom is -0.339 e. The highest BCUT2D eigenvalue weighted by molar-refractivity contribution is 6.34. The van der Waals surface area contributed by atoms with Crippen LogP contribution in [0.1, 0.15) is 5.56 Å². The second-order valence-corrected chi connectivity index (χ2v) is 3.79. The number of rotatable bonds is 2. The lowest BCUT2D eigenvalue weighted by Crippen LogP contribution is -1.97. The molecule has 0 spiro atoms. The van der Waals surface area contributed by atoms with E-state index in [1.165, 1.54) is 12.3 Å². The van der Waals surface area contributed by atoms with Gasteiger partial charge in [0.05, 0.1) is 5.56 Å². The molecule has 2 rings (SSSR count). The van der Waals surface area contributed by atoms with Gasteiger partial charge in [-0.05, 0) is 18.2 Å². The number of anilines is 2. The minimum atomic E-state index is -0.718. The van der Waals surface area contributed by atoms with Crippen molar-refractivity contribution in [3.05, 3.63) is 52.7 Å². The molecule has 0 amide bonds. The molecular weight excluding hydrogens is 260 g/mol. The summed E-state index contributed by atoms with van der Waals surface area (Å²) >= 11 is 5.90. The van der Waals surface area contributed by atoms with E-state index in [-0.39, 0.29) is 22.1 Å². The molecule has 6 heteroatoms. The molecule has 0 bridgehead atoms. The van der Waals surface area contributed by atoms with Crippen LogP contribution in [0.15, 0.2) is 30.5 Å². The highest BCUT2D eigenvalue weighted by atomic mass is 35.5. The summed E-state index contributed by atoms with van der Waals surface area (Å²) in [5, 5.41) is 11.5. The van der Waals surface area contributed by atoms with Gasteiger partial charge in [-0.2, -0.15) is 5.26 Å². The van der Waals surface area contributed by atoms with Crippen LogP contribution in [0.3, 0.4) is 0 Å². The van der Waals surface area contributed by atoms with Crippen molar-refractivity contribution in [1.29, 1.82) is 5.26 Å². The summed E-state index contributed by atoms with van der Waals surface area (Å²) in [6.07, 6.45) is 1.38. The first-order valence-corrected chi connectivity index (χ1v) is 5.25. The van der Waals surface area contributed by atoms with Gasteiger partial charge >= 0.3 is 0 Å². The SMILES string of the molecule is N#Cc1ccnc(Nc2cc(F)cc(F)c2)c1Cl. The Morgan fingerprint density at radius 3 is 2.50 bits per heavy atom. The molecule has 1 N–H and O–H groups in total. The summed E-state index contributed by atoms with van der Waals surface area (Å²) in [5.41, 5.74) is 0.392. The second kappa shape index (κ2) is 4.98. The van der Waals surface area contributed by atoms with Gasteiger partial charge in [-0.25, -0.2) is 13.8 Å². The molecule has 1 heterocycles. The Bertz CT molecular complexity index is 617. The number of aromatic nitrogens is 1. The van der Waals surface area contributed by atoms with Crippen LogP contribution in [0.2, 0.25) is 5.02 Å². The fourth-order valence-electron chi connectivity index (χ4n) is 1.38. The van der Waals surface area contributed by atoms with E-state index in [0.29, 0.717) is 0 Å². The lowest BCUT2D eigenvalue weighted by Gasteiger charge is -2.08. The average Bonchev–Trinajstić information content (AvgIpc) is 2.30. The van der Waals surface area contributed by atoms with E-state index in [1.54, 1.807) is 0 Å².